The summed E-state index contributed by atoms with van der Waals surface area (Å²) in [4.78, 5) is 11.0. The van der Waals surface area contributed by atoms with Crippen LogP contribution < -0.4 is 10.2 Å². The Labute approximate surface area is 120 Å². The fraction of sp³-hybridized carbons (Fsp3) is 0.375. The van der Waals surface area contributed by atoms with Crippen molar-refractivity contribution < 1.29 is 0 Å². The lowest BCUT2D eigenvalue weighted by molar-refractivity contribution is 1.02. The Bertz CT molecular complexity index is 563. The Morgan fingerprint density at radius 3 is 2.45 bits per heavy atom. The van der Waals surface area contributed by atoms with Crippen LogP contribution >= 0.6 is 0 Å². The summed E-state index contributed by atoms with van der Waals surface area (Å²) in [5, 5.41) is 3.15. The number of nitrogens with one attached hydrogen (secondary N) is 1. The van der Waals surface area contributed by atoms with Gasteiger partial charge in [-0.2, -0.15) is 4.98 Å². The minimum Gasteiger partial charge on any atom is -0.354 e. The van der Waals surface area contributed by atoms with Gasteiger partial charge in [-0.3, -0.25) is 0 Å². The molecular formula is C16H22N4. The number of aryl methyl sites for hydroxylation is 2. The summed E-state index contributed by atoms with van der Waals surface area (Å²) < 4.78 is 0. The van der Waals surface area contributed by atoms with Gasteiger partial charge in [0.15, 0.2) is 0 Å². The van der Waals surface area contributed by atoms with Gasteiger partial charge >= 0.3 is 0 Å². The topological polar surface area (TPSA) is 41.1 Å². The number of anilines is 3. The minimum absolute atomic E-state index is 0.671. The van der Waals surface area contributed by atoms with Gasteiger partial charge in [0.1, 0.15) is 5.82 Å². The van der Waals surface area contributed by atoms with Gasteiger partial charge in [-0.05, 0) is 38.0 Å². The summed E-state index contributed by atoms with van der Waals surface area (Å²) in [5.41, 5.74) is 3.54. The van der Waals surface area contributed by atoms with E-state index in [0.29, 0.717) is 5.95 Å². The number of hydrogen-bond acceptors (Lipinski definition) is 4. The van der Waals surface area contributed by atoms with E-state index in [-0.39, 0.29) is 0 Å². The number of nitrogens with zero attached hydrogens (tertiary/aromatic N) is 3. The summed E-state index contributed by atoms with van der Waals surface area (Å²) in [5.74, 6) is 1.60. The second-order valence-electron chi connectivity index (χ2n) is 4.81. The van der Waals surface area contributed by atoms with Crippen LogP contribution in [0.2, 0.25) is 0 Å². The van der Waals surface area contributed by atoms with Gasteiger partial charge in [0, 0.05) is 31.0 Å². The summed E-state index contributed by atoms with van der Waals surface area (Å²) in [6, 6.07) is 8.59. The van der Waals surface area contributed by atoms with Gasteiger partial charge in [-0.25, -0.2) is 4.98 Å². The maximum absolute atomic E-state index is 4.58. The fourth-order valence-corrected chi connectivity index (χ4v) is 2.09. The summed E-state index contributed by atoms with van der Waals surface area (Å²) >= 11 is 0. The predicted molar refractivity (Wildman–Crippen MR) is 84.8 cm³/mol. The van der Waals surface area contributed by atoms with E-state index < -0.39 is 0 Å². The summed E-state index contributed by atoms with van der Waals surface area (Å²) in [6.07, 6.45) is 2.92. The van der Waals surface area contributed by atoms with Gasteiger partial charge in [-0.1, -0.05) is 19.1 Å². The summed E-state index contributed by atoms with van der Waals surface area (Å²) in [6.45, 7) is 7.05. The van der Waals surface area contributed by atoms with Gasteiger partial charge in [-0.15, -0.1) is 0 Å². The van der Waals surface area contributed by atoms with E-state index in [2.05, 4.69) is 51.4 Å². The molecule has 4 heteroatoms. The molecule has 0 aliphatic carbocycles. The van der Waals surface area contributed by atoms with E-state index in [9.17, 15) is 0 Å². The van der Waals surface area contributed by atoms with Crippen LogP contribution in [0.25, 0.3) is 0 Å². The maximum Gasteiger partial charge on any atom is 0.224 e. The molecule has 0 aliphatic heterocycles. The Hall–Kier alpha value is -2.10. The average Bonchev–Trinajstić information content (AvgIpc) is 2.49. The first-order valence-electron chi connectivity index (χ1n) is 7.05. The molecule has 1 N–H and O–H groups in total. The molecular weight excluding hydrogens is 248 g/mol. The van der Waals surface area contributed by atoms with Crippen molar-refractivity contribution in [1.82, 2.24) is 9.97 Å². The van der Waals surface area contributed by atoms with Crippen LogP contribution in [0.15, 0.2) is 30.5 Å². The standard InChI is InChI=1S/C16H22N4/c1-5-13-7-9-14(10-8-13)20(4)15-12(3)11-18-16(19-15)17-6-2/h7-11H,5-6H2,1-4H3,(H,17,18,19). The maximum atomic E-state index is 4.58. The quantitative estimate of drug-likeness (QED) is 0.902. The van der Waals surface area contributed by atoms with Crippen molar-refractivity contribution >= 4 is 17.5 Å². The Balaban J connectivity index is 2.30. The normalized spacial score (nSPS) is 10.4. The van der Waals surface area contributed by atoms with E-state index in [1.807, 2.05) is 27.1 Å². The summed E-state index contributed by atoms with van der Waals surface area (Å²) in [7, 11) is 2.03. The highest BCUT2D eigenvalue weighted by Gasteiger charge is 2.10. The van der Waals surface area contributed by atoms with Crippen molar-refractivity contribution in [2.24, 2.45) is 0 Å². The largest absolute Gasteiger partial charge is 0.354 e. The molecule has 4 nitrogen and oxygen atoms in total. The van der Waals surface area contributed by atoms with Crippen molar-refractivity contribution in [3.05, 3.63) is 41.6 Å². The van der Waals surface area contributed by atoms with Crippen molar-refractivity contribution in [3.63, 3.8) is 0 Å². The van der Waals surface area contributed by atoms with Crippen LogP contribution in [-0.4, -0.2) is 23.6 Å². The SMILES string of the molecule is CCNc1ncc(C)c(N(C)c2ccc(CC)cc2)n1. The van der Waals surface area contributed by atoms with Crippen molar-refractivity contribution in [2.75, 3.05) is 23.8 Å². The number of hydrogen-bond donors (Lipinski definition) is 1. The molecule has 1 heterocycles. The lowest BCUT2D eigenvalue weighted by atomic mass is 10.1. The molecule has 0 aliphatic rings. The lowest BCUT2D eigenvalue weighted by Gasteiger charge is -2.21. The van der Waals surface area contributed by atoms with Crippen LogP contribution in [0.3, 0.4) is 0 Å². The number of aromatic nitrogens is 2. The van der Waals surface area contributed by atoms with Crippen LogP contribution in [0.4, 0.5) is 17.5 Å². The van der Waals surface area contributed by atoms with Gasteiger partial charge in [0.2, 0.25) is 5.95 Å². The van der Waals surface area contributed by atoms with E-state index >= 15 is 0 Å². The first-order valence-corrected chi connectivity index (χ1v) is 7.05. The van der Waals surface area contributed by atoms with Crippen LogP contribution in [-0.2, 0) is 6.42 Å². The third-order valence-corrected chi connectivity index (χ3v) is 3.33. The van der Waals surface area contributed by atoms with Crippen LogP contribution in [0, 0.1) is 6.92 Å². The number of rotatable bonds is 5. The van der Waals surface area contributed by atoms with E-state index in [0.717, 1.165) is 30.0 Å². The number of benzene rings is 1. The molecule has 106 valence electrons. The molecule has 1 aromatic heterocycles. The first kappa shape index (κ1) is 14.3. The Morgan fingerprint density at radius 1 is 1.15 bits per heavy atom. The molecule has 0 radical (unpaired) electrons. The molecule has 2 rings (SSSR count). The van der Waals surface area contributed by atoms with Crippen LogP contribution in [0.1, 0.15) is 25.0 Å². The van der Waals surface area contributed by atoms with Crippen LogP contribution in [0.5, 0.6) is 0 Å². The molecule has 0 unspecified atom stereocenters. The van der Waals surface area contributed by atoms with E-state index in [1.54, 1.807) is 0 Å². The molecule has 0 atom stereocenters. The second kappa shape index (κ2) is 6.37. The molecule has 0 saturated carbocycles. The minimum atomic E-state index is 0.671. The molecule has 0 spiro atoms. The van der Waals surface area contributed by atoms with Gasteiger partial charge in [0.05, 0.1) is 0 Å². The van der Waals surface area contributed by atoms with Crippen molar-refractivity contribution in [3.8, 4) is 0 Å². The average molecular weight is 270 g/mol. The molecule has 0 fully saturated rings. The molecule has 0 saturated heterocycles. The van der Waals surface area contributed by atoms with Crippen molar-refractivity contribution in [2.45, 2.75) is 27.2 Å². The zero-order valence-corrected chi connectivity index (χ0v) is 12.6. The monoisotopic (exact) mass is 270 g/mol. The highest BCUT2D eigenvalue weighted by atomic mass is 15.2. The Morgan fingerprint density at radius 2 is 1.85 bits per heavy atom. The van der Waals surface area contributed by atoms with Gasteiger partial charge < -0.3 is 10.2 Å². The molecule has 20 heavy (non-hydrogen) atoms. The third-order valence-electron chi connectivity index (χ3n) is 3.33. The molecule has 0 amide bonds. The third kappa shape index (κ3) is 3.07. The van der Waals surface area contributed by atoms with E-state index in [4.69, 9.17) is 0 Å². The lowest BCUT2D eigenvalue weighted by Crippen LogP contribution is -2.14. The zero-order valence-electron chi connectivity index (χ0n) is 12.6. The second-order valence-corrected chi connectivity index (χ2v) is 4.81. The smallest absolute Gasteiger partial charge is 0.224 e. The zero-order chi connectivity index (χ0) is 14.5. The highest BCUT2D eigenvalue weighted by molar-refractivity contribution is 5.62. The van der Waals surface area contributed by atoms with Gasteiger partial charge in [0.25, 0.3) is 0 Å². The van der Waals surface area contributed by atoms with Crippen molar-refractivity contribution in [1.29, 1.82) is 0 Å². The molecule has 2 aromatic rings. The predicted octanol–water partition coefficient (Wildman–Crippen LogP) is 3.55. The molecule has 1 aromatic carbocycles. The fourth-order valence-electron chi connectivity index (χ4n) is 2.09. The Kier molecular flexibility index (Phi) is 4.56. The first-order chi connectivity index (χ1) is 9.65. The molecule has 0 bridgehead atoms. The van der Waals surface area contributed by atoms with E-state index in [1.165, 1.54) is 5.56 Å². The highest BCUT2D eigenvalue weighted by Crippen LogP contribution is 2.25.